The van der Waals surface area contributed by atoms with Crippen LogP contribution in [-0.2, 0) is 28.4 Å². The zero-order valence-corrected chi connectivity index (χ0v) is 14.3. The molecule has 3 aliphatic rings. The second kappa shape index (κ2) is 8.23. The Morgan fingerprint density at radius 2 is 1.52 bits per heavy atom. The molecule has 0 radical (unpaired) electrons. The first-order valence-corrected chi connectivity index (χ1v) is 8.79. The first-order valence-electron chi connectivity index (χ1n) is 8.79. The van der Waals surface area contributed by atoms with Gasteiger partial charge in [0.15, 0.2) is 6.29 Å². The summed E-state index contributed by atoms with van der Waals surface area (Å²) in [6.07, 6.45) is 3.85. The Kier molecular flexibility index (Phi) is 6.29. The highest BCUT2D eigenvalue weighted by Crippen LogP contribution is 2.31. The van der Waals surface area contributed by atoms with Crippen molar-refractivity contribution in [2.24, 2.45) is 5.41 Å². The summed E-state index contributed by atoms with van der Waals surface area (Å²) < 4.78 is 33.4. The summed E-state index contributed by atoms with van der Waals surface area (Å²) in [5.74, 6) is 0. The maximum atomic E-state index is 6.06. The Labute approximate surface area is 138 Å². The van der Waals surface area contributed by atoms with Crippen LogP contribution in [0.5, 0.6) is 0 Å². The van der Waals surface area contributed by atoms with Crippen LogP contribution in [0.4, 0.5) is 0 Å². The molecule has 0 spiro atoms. The lowest BCUT2D eigenvalue weighted by Gasteiger charge is -2.29. The summed E-state index contributed by atoms with van der Waals surface area (Å²) in [5, 5.41) is 0. The number of rotatable bonds is 12. The monoisotopic (exact) mass is 330 g/mol. The van der Waals surface area contributed by atoms with Crippen LogP contribution < -0.4 is 0 Å². The number of ether oxygens (including phenoxy) is 6. The van der Waals surface area contributed by atoms with E-state index in [-0.39, 0.29) is 17.8 Å². The molecule has 0 amide bonds. The van der Waals surface area contributed by atoms with E-state index in [1.165, 1.54) is 0 Å². The summed E-state index contributed by atoms with van der Waals surface area (Å²) in [6.45, 7) is 9.47. The number of hydrogen-bond acceptors (Lipinski definition) is 6. The van der Waals surface area contributed by atoms with E-state index in [1.807, 2.05) is 0 Å². The van der Waals surface area contributed by atoms with Gasteiger partial charge < -0.3 is 28.4 Å². The predicted molar refractivity (Wildman–Crippen MR) is 83.4 cm³/mol. The van der Waals surface area contributed by atoms with Crippen molar-refractivity contribution in [3.63, 3.8) is 0 Å². The van der Waals surface area contributed by atoms with Crippen molar-refractivity contribution in [3.05, 3.63) is 0 Å². The molecular weight excluding hydrogens is 300 g/mol. The van der Waals surface area contributed by atoms with Gasteiger partial charge >= 0.3 is 0 Å². The highest BCUT2D eigenvalue weighted by molar-refractivity contribution is 4.79. The second-order valence-corrected chi connectivity index (χ2v) is 7.41. The fraction of sp³-hybridized carbons (Fsp3) is 1.00. The van der Waals surface area contributed by atoms with Crippen molar-refractivity contribution < 1.29 is 28.4 Å². The fourth-order valence-corrected chi connectivity index (χ4v) is 2.65. The molecule has 3 heterocycles. The van der Waals surface area contributed by atoms with Gasteiger partial charge in [-0.2, -0.15) is 0 Å². The van der Waals surface area contributed by atoms with Crippen molar-refractivity contribution in [1.29, 1.82) is 0 Å². The van der Waals surface area contributed by atoms with E-state index in [2.05, 4.69) is 13.8 Å². The van der Waals surface area contributed by atoms with E-state index in [4.69, 9.17) is 28.4 Å². The van der Waals surface area contributed by atoms with Crippen LogP contribution in [0.1, 0.15) is 33.1 Å². The topological polar surface area (TPSA) is 62.0 Å². The lowest BCUT2D eigenvalue weighted by Crippen LogP contribution is -2.35. The molecule has 4 atom stereocenters. The first kappa shape index (κ1) is 17.6. The Morgan fingerprint density at radius 3 is 2.22 bits per heavy atom. The minimum absolute atomic E-state index is 0.142. The lowest BCUT2D eigenvalue weighted by molar-refractivity contribution is -0.153. The zero-order valence-electron chi connectivity index (χ0n) is 14.3. The SMILES string of the molecule is CC(C)(COCC1CO1)C1OCC(CCCCOCC2CO2)O1. The maximum Gasteiger partial charge on any atom is 0.165 e. The van der Waals surface area contributed by atoms with E-state index in [0.717, 1.165) is 45.7 Å². The Bertz CT molecular complexity index is 353. The molecule has 3 rings (SSSR count). The molecule has 0 saturated carbocycles. The van der Waals surface area contributed by atoms with E-state index in [0.29, 0.717) is 32.0 Å². The lowest BCUT2D eigenvalue weighted by atomic mass is 9.94. The molecule has 3 fully saturated rings. The third-order valence-electron chi connectivity index (χ3n) is 4.34. The average Bonchev–Trinajstić information content (AvgIpc) is 3.44. The molecule has 0 aromatic carbocycles. The van der Waals surface area contributed by atoms with Gasteiger partial charge in [-0.15, -0.1) is 0 Å². The van der Waals surface area contributed by atoms with Crippen molar-refractivity contribution >= 4 is 0 Å². The summed E-state index contributed by atoms with van der Waals surface area (Å²) in [6, 6.07) is 0. The largest absolute Gasteiger partial charge is 0.379 e. The number of unbranched alkanes of at least 4 members (excludes halogenated alkanes) is 1. The van der Waals surface area contributed by atoms with Gasteiger partial charge in [0.1, 0.15) is 12.2 Å². The summed E-state index contributed by atoms with van der Waals surface area (Å²) >= 11 is 0. The van der Waals surface area contributed by atoms with E-state index in [9.17, 15) is 0 Å². The van der Waals surface area contributed by atoms with E-state index < -0.39 is 0 Å². The van der Waals surface area contributed by atoms with Crippen molar-refractivity contribution in [3.8, 4) is 0 Å². The van der Waals surface area contributed by atoms with Gasteiger partial charge in [0, 0.05) is 12.0 Å². The summed E-state index contributed by atoms with van der Waals surface area (Å²) in [4.78, 5) is 0. The van der Waals surface area contributed by atoms with Crippen LogP contribution in [-0.4, -0.2) is 70.9 Å². The van der Waals surface area contributed by atoms with Gasteiger partial charge in [-0.1, -0.05) is 13.8 Å². The highest BCUT2D eigenvalue weighted by atomic mass is 16.7. The Morgan fingerprint density at radius 1 is 0.870 bits per heavy atom. The molecule has 23 heavy (non-hydrogen) atoms. The molecule has 0 aromatic rings. The van der Waals surface area contributed by atoms with E-state index in [1.54, 1.807) is 0 Å². The van der Waals surface area contributed by atoms with Crippen molar-refractivity contribution in [2.45, 2.75) is 57.7 Å². The molecule has 3 saturated heterocycles. The third-order valence-corrected chi connectivity index (χ3v) is 4.34. The standard InChI is InChI=1S/C17H30O6/c1-17(2,12-19-8-15-11-21-15)16-22-9-13(23-16)5-3-4-6-18-7-14-10-20-14/h13-16H,3-12H2,1-2H3. The summed E-state index contributed by atoms with van der Waals surface area (Å²) in [5.41, 5.74) is -0.142. The molecule has 4 unspecified atom stereocenters. The van der Waals surface area contributed by atoms with Gasteiger partial charge in [-0.3, -0.25) is 0 Å². The molecule has 0 aliphatic carbocycles. The smallest absolute Gasteiger partial charge is 0.165 e. The first-order chi connectivity index (χ1) is 11.1. The molecular formula is C17H30O6. The normalized spacial score (nSPS) is 33.1. The predicted octanol–water partition coefficient (Wildman–Crippen LogP) is 1.76. The van der Waals surface area contributed by atoms with Crippen LogP contribution in [0, 0.1) is 5.41 Å². The molecule has 6 nitrogen and oxygen atoms in total. The molecule has 6 heteroatoms. The number of epoxide rings is 2. The van der Waals surface area contributed by atoms with Crippen molar-refractivity contribution in [1.82, 2.24) is 0 Å². The maximum absolute atomic E-state index is 6.06. The van der Waals surface area contributed by atoms with Gasteiger partial charge in [0.05, 0.1) is 45.7 Å². The Hall–Kier alpha value is -0.240. The van der Waals surface area contributed by atoms with Crippen LogP contribution in [0.3, 0.4) is 0 Å². The average molecular weight is 330 g/mol. The molecule has 0 bridgehead atoms. The van der Waals surface area contributed by atoms with Crippen LogP contribution in [0.25, 0.3) is 0 Å². The van der Waals surface area contributed by atoms with E-state index >= 15 is 0 Å². The van der Waals surface area contributed by atoms with Crippen LogP contribution in [0.15, 0.2) is 0 Å². The van der Waals surface area contributed by atoms with Gasteiger partial charge in [0.25, 0.3) is 0 Å². The summed E-state index contributed by atoms with van der Waals surface area (Å²) in [7, 11) is 0. The fourth-order valence-electron chi connectivity index (χ4n) is 2.65. The molecule has 134 valence electrons. The van der Waals surface area contributed by atoms with Crippen LogP contribution in [0.2, 0.25) is 0 Å². The Balaban J connectivity index is 1.23. The van der Waals surface area contributed by atoms with Crippen LogP contribution >= 0.6 is 0 Å². The van der Waals surface area contributed by atoms with Crippen molar-refractivity contribution in [2.75, 3.05) is 46.2 Å². The third kappa shape index (κ3) is 6.29. The van der Waals surface area contributed by atoms with Gasteiger partial charge in [0.2, 0.25) is 0 Å². The quantitative estimate of drug-likeness (QED) is 0.401. The zero-order chi connectivity index (χ0) is 16.1. The highest BCUT2D eigenvalue weighted by Gasteiger charge is 2.38. The molecule has 3 aliphatic heterocycles. The second-order valence-electron chi connectivity index (χ2n) is 7.41. The molecule has 0 aromatic heterocycles. The molecule has 0 N–H and O–H groups in total. The van der Waals surface area contributed by atoms with Gasteiger partial charge in [-0.25, -0.2) is 0 Å². The minimum Gasteiger partial charge on any atom is -0.379 e. The number of hydrogen-bond donors (Lipinski definition) is 0. The van der Waals surface area contributed by atoms with Gasteiger partial charge in [-0.05, 0) is 19.3 Å². The minimum atomic E-state index is -0.184.